The number of benzene rings is 3. The van der Waals surface area contributed by atoms with Crippen molar-refractivity contribution in [1.29, 1.82) is 0 Å². The minimum Gasteiger partial charge on any atom is -0.490 e. The predicted molar refractivity (Wildman–Crippen MR) is 125 cm³/mol. The van der Waals surface area contributed by atoms with E-state index in [1.165, 1.54) is 4.57 Å². The molecule has 0 unspecified atom stereocenters. The molecule has 7 heteroatoms. The summed E-state index contributed by atoms with van der Waals surface area (Å²) in [5, 5.41) is 0.515. The van der Waals surface area contributed by atoms with Gasteiger partial charge in [-0.05, 0) is 43.3 Å². The summed E-state index contributed by atoms with van der Waals surface area (Å²) in [5.41, 5.74) is 1.07. The van der Waals surface area contributed by atoms with Gasteiger partial charge in [-0.2, -0.15) is 0 Å². The first kappa shape index (κ1) is 22.1. The van der Waals surface area contributed by atoms with E-state index in [9.17, 15) is 9.59 Å². The van der Waals surface area contributed by atoms with Crippen LogP contribution in [0.2, 0.25) is 0 Å². The van der Waals surface area contributed by atoms with Crippen molar-refractivity contribution in [2.75, 3.05) is 6.61 Å². The van der Waals surface area contributed by atoms with Gasteiger partial charge in [0.25, 0.3) is 5.56 Å². The molecule has 7 nitrogen and oxygen atoms in total. The Hall–Kier alpha value is -4.13. The van der Waals surface area contributed by atoms with Crippen LogP contribution in [0.1, 0.15) is 26.1 Å². The van der Waals surface area contributed by atoms with Gasteiger partial charge in [-0.25, -0.2) is 4.98 Å². The third-order valence-corrected chi connectivity index (χ3v) is 4.96. The van der Waals surface area contributed by atoms with Crippen LogP contribution in [0.25, 0.3) is 16.6 Å². The summed E-state index contributed by atoms with van der Waals surface area (Å²) in [4.78, 5) is 30.0. The van der Waals surface area contributed by atoms with E-state index in [2.05, 4.69) is 0 Å². The number of rotatable bonds is 8. The van der Waals surface area contributed by atoms with Crippen molar-refractivity contribution in [2.24, 2.45) is 0 Å². The second-order valence-corrected chi connectivity index (χ2v) is 7.15. The second kappa shape index (κ2) is 9.99. The van der Waals surface area contributed by atoms with Crippen LogP contribution in [0.3, 0.4) is 0 Å². The highest BCUT2D eigenvalue weighted by atomic mass is 16.6. The van der Waals surface area contributed by atoms with Crippen molar-refractivity contribution < 1.29 is 19.0 Å². The van der Waals surface area contributed by atoms with Gasteiger partial charge in [0, 0.05) is 6.42 Å². The molecule has 0 radical (unpaired) electrons. The lowest BCUT2D eigenvalue weighted by molar-refractivity contribution is -0.134. The molecule has 0 amide bonds. The lowest BCUT2D eigenvalue weighted by Gasteiger charge is -2.17. The third-order valence-electron chi connectivity index (χ3n) is 4.96. The molecule has 33 heavy (non-hydrogen) atoms. The summed E-state index contributed by atoms with van der Waals surface area (Å²) >= 11 is 0. The van der Waals surface area contributed by atoms with Crippen molar-refractivity contribution in [3.8, 4) is 22.9 Å². The van der Waals surface area contributed by atoms with E-state index < -0.39 is 5.97 Å². The van der Waals surface area contributed by atoms with Crippen molar-refractivity contribution in [3.63, 3.8) is 0 Å². The van der Waals surface area contributed by atoms with Crippen LogP contribution in [0.5, 0.6) is 17.2 Å². The van der Waals surface area contributed by atoms with E-state index in [-0.39, 0.29) is 24.3 Å². The number of aromatic nitrogens is 2. The maximum atomic E-state index is 13.3. The van der Waals surface area contributed by atoms with Crippen LogP contribution in [0, 0.1) is 0 Å². The zero-order valence-corrected chi connectivity index (χ0v) is 18.5. The number of carbonyl (C=O) groups excluding carboxylic acids is 1. The average molecular weight is 444 g/mol. The summed E-state index contributed by atoms with van der Waals surface area (Å²) < 4.78 is 18.7. The lowest BCUT2D eigenvalue weighted by Crippen LogP contribution is -2.25. The fourth-order valence-electron chi connectivity index (χ4n) is 3.43. The fraction of sp³-hybridized carbons (Fsp3) is 0.192. The normalized spacial score (nSPS) is 10.7. The van der Waals surface area contributed by atoms with Crippen LogP contribution in [-0.2, 0) is 11.4 Å². The molecule has 0 saturated heterocycles. The smallest absolute Gasteiger partial charge is 0.311 e. The third kappa shape index (κ3) is 4.72. The summed E-state index contributed by atoms with van der Waals surface area (Å²) in [7, 11) is 0. The van der Waals surface area contributed by atoms with Crippen molar-refractivity contribution in [1.82, 2.24) is 9.55 Å². The Morgan fingerprint density at radius 2 is 1.58 bits per heavy atom. The van der Waals surface area contributed by atoms with Gasteiger partial charge in [-0.15, -0.1) is 0 Å². The minimum atomic E-state index is -0.406. The maximum Gasteiger partial charge on any atom is 0.311 e. The average Bonchev–Trinajstić information content (AvgIpc) is 2.85. The second-order valence-electron chi connectivity index (χ2n) is 7.15. The van der Waals surface area contributed by atoms with Gasteiger partial charge in [0.1, 0.15) is 6.61 Å². The summed E-state index contributed by atoms with van der Waals surface area (Å²) in [6.45, 7) is 3.93. The Morgan fingerprint density at radius 3 is 2.30 bits per heavy atom. The van der Waals surface area contributed by atoms with Gasteiger partial charge in [0.15, 0.2) is 17.3 Å². The van der Waals surface area contributed by atoms with E-state index in [0.29, 0.717) is 40.5 Å². The molecule has 0 aliphatic rings. The zero-order chi connectivity index (χ0) is 23.2. The number of carbonyl (C=O) groups is 1. The number of esters is 1. The first-order valence-electron chi connectivity index (χ1n) is 10.8. The number of para-hydroxylation sites is 3. The fourth-order valence-corrected chi connectivity index (χ4v) is 3.43. The topological polar surface area (TPSA) is 79.7 Å². The largest absolute Gasteiger partial charge is 0.490 e. The molecule has 1 heterocycles. The monoisotopic (exact) mass is 444 g/mol. The number of nitrogens with zero attached hydrogens (tertiary/aromatic N) is 2. The number of hydrogen-bond donors (Lipinski definition) is 0. The molecule has 4 aromatic rings. The maximum absolute atomic E-state index is 13.3. The number of hydrogen-bond acceptors (Lipinski definition) is 6. The summed E-state index contributed by atoms with van der Waals surface area (Å²) in [6, 6.07) is 21.6. The first-order chi connectivity index (χ1) is 16.1. The van der Waals surface area contributed by atoms with Crippen LogP contribution < -0.4 is 19.8 Å². The van der Waals surface area contributed by atoms with E-state index in [0.717, 1.165) is 0 Å². The van der Waals surface area contributed by atoms with Crippen molar-refractivity contribution >= 4 is 16.9 Å². The SMILES string of the molecule is CCOc1cccc(OCc2nc3ccccc3c(=O)n2-c2ccccc2)c1OC(=O)CC. The molecule has 0 bridgehead atoms. The zero-order valence-electron chi connectivity index (χ0n) is 18.5. The van der Waals surface area contributed by atoms with E-state index in [1.807, 2.05) is 49.4 Å². The minimum absolute atomic E-state index is 0.0266. The molecule has 0 fully saturated rings. The van der Waals surface area contributed by atoms with Gasteiger partial charge in [-0.3, -0.25) is 14.2 Å². The molecule has 0 aliphatic heterocycles. The molecule has 0 spiro atoms. The van der Waals surface area contributed by atoms with Crippen LogP contribution in [-0.4, -0.2) is 22.1 Å². The van der Waals surface area contributed by atoms with Crippen LogP contribution >= 0.6 is 0 Å². The predicted octanol–water partition coefficient (Wildman–Crippen LogP) is 4.68. The first-order valence-corrected chi connectivity index (χ1v) is 10.8. The van der Waals surface area contributed by atoms with Crippen molar-refractivity contribution in [2.45, 2.75) is 26.9 Å². The number of ether oxygens (including phenoxy) is 3. The molecular formula is C26H24N2O5. The highest BCUT2D eigenvalue weighted by molar-refractivity contribution is 5.78. The Morgan fingerprint density at radius 1 is 0.879 bits per heavy atom. The molecule has 4 rings (SSSR count). The molecule has 0 N–H and O–H groups in total. The molecule has 3 aromatic carbocycles. The van der Waals surface area contributed by atoms with Gasteiger partial charge in [0.05, 0.1) is 23.2 Å². The molecule has 1 aromatic heterocycles. The summed E-state index contributed by atoms with van der Waals surface area (Å²) in [5.74, 6) is 0.950. The summed E-state index contributed by atoms with van der Waals surface area (Å²) in [6.07, 6.45) is 0.208. The lowest BCUT2D eigenvalue weighted by atomic mass is 10.2. The Bertz CT molecular complexity index is 1330. The highest BCUT2D eigenvalue weighted by Gasteiger charge is 2.18. The Kier molecular flexibility index (Phi) is 6.69. The van der Waals surface area contributed by atoms with Gasteiger partial charge in [-0.1, -0.05) is 43.3 Å². The quantitative estimate of drug-likeness (QED) is 0.290. The van der Waals surface area contributed by atoms with E-state index >= 15 is 0 Å². The molecule has 168 valence electrons. The van der Waals surface area contributed by atoms with Crippen LogP contribution in [0.15, 0.2) is 77.6 Å². The van der Waals surface area contributed by atoms with Crippen molar-refractivity contribution in [3.05, 3.63) is 89.0 Å². The Labute approximate surface area is 191 Å². The van der Waals surface area contributed by atoms with Crippen LogP contribution in [0.4, 0.5) is 0 Å². The Balaban J connectivity index is 1.77. The molecule has 0 aliphatic carbocycles. The molecule has 0 atom stereocenters. The standard InChI is InChI=1S/C26H24N2O5/c1-3-24(29)33-25-21(31-4-2)15-10-16-22(25)32-17-23-27-20-14-9-8-13-19(20)26(30)28(23)18-11-6-5-7-12-18/h5-16H,3-4,17H2,1-2H3. The number of fused-ring (bicyclic) bond motifs is 1. The van der Waals surface area contributed by atoms with Gasteiger partial charge in [0.2, 0.25) is 5.75 Å². The van der Waals surface area contributed by atoms with Gasteiger partial charge < -0.3 is 14.2 Å². The molecule has 0 saturated carbocycles. The van der Waals surface area contributed by atoms with E-state index in [4.69, 9.17) is 19.2 Å². The van der Waals surface area contributed by atoms with E-state index in [1.54, 1.807) is 37.3 Å². The highest BCUT2D eigenvalue weighted by Crippen LogP contribution is 2.38. The molecular weight excluding hydrogens is 420 g/mol. The van der Waals surface area contributed by atoms with Gasteiger partial charge >= 0.3 is 5.97 Å².